The number of sulfonamides is 1. The lowest BCUT2D eigenvalue weighted by Crippen LogP contribution is -2.43. The first kappa shape index (κ1) is 17.2. The zero-order valence-electron chi connectivity index (χ0n) is 12.4. The van der Waals surface area contributed by atoms with Gasteiger partial charge in [0.05, 0.1) is 10.5 Å². The number of nitrogens with zero attached hydrogens (tertiary/aromatic N) is 1. The number of alkyl halides is 3. The van der Waals surface area contributed by atoms with Crippen molar-refractivity contribution >= 4 is 10.0 Å². The van der Waals surface area contributed by atoms with Gasteiger partial charge < -0.3 is 5.32 Å². The predicted octanol–water partition coefficient (Wildman–Crippen LogP) is 2.39. The molecule has 1 aliphatic rings. The van der Waals surface area contributed by atoms with Crippen molar-refractivity contribution in [3.8, 4) is 0 Å². The third kappa shape index (κ3) is 3.44. The van der Waals surface area contributed by atoms with Crippen LogP contribution in [0, 0.1) is 6.92 Å². The van der Waals surface area contributed by atoms with Crippen LogP contribution in [-0.2, 0) is 16.2 Å². The molecule has 1 aromatic carbocycles. The minimum Gasteiger partial charge on any atom is -0.317 e. The molecule has 0 saturated carbocycles. The molecular weight excluding hydrogens is 317 g/mol. The molecule has 8 heteroatoms. The van der Waals surface area contributed by atoms with Gasteiger partial charge in [0.25, 0.3) is 0 Å². The van der Waals surface area contributed by atoms with Crippen molar-refractivity contribution in [3.63, 3.8) is 0 Å². The maximum absolute atomic E-state index is 13.0. The lowest BCUT2D eigenvalue weighted by atomic mass is 10.1. The van der Waals surface area contributed by atoms with Gasteiger partial charge in [0.15, 0.2) is 0 Å². The number of benzene rings is 1. The highest BCUT2D eigenvalue weighted by molar-refractivity contribution is 7.89. The Hall–Kier alpha value is -1.12. The van der Waals surface area contributed by atoms with Crippen molar-refractivity contribution in [3.05, 3.63) is 29.3 Å². The Bertz CT molecular complexity index is 638. The molecule has 22 heavy (non-hydrogen) atoms. The van der Waals surface area contributed by atoms with E-state index in [2.05, 4.69) is 5.32 Å². The number of aryl methyl sites for hydroxylation is 1. The molecule has 0 aliphatic carbocycles. The molecule has 1 fully saturated rings. The highest BCUT2D eigenvalue weighted by Crippen LogP contribution is 2.34. The Balaban J connectivity index is 2.37. The second-order valence-corrected chi connectivity index (χ2v) is 7.47. The fourth-order valence-electron chi connectivity index (χ4n) is 2.60. The van der Waals surface area contributed by atoms with Gasteiger partial charge in [-0.25, -0.2) is 8.42 Å². The highest BCUT2D eigenvalue weighted by atomic mass is 32.2. The summed E-state index contributed by atoms with van der Waals surface area (Å²) < 4.78 is 65.2. The summed E-state index contributed by atoms with van der Waals surface area (Å²) >= 11 is 0. The molecule has 1 saturated heterocycles. The Labute approximate surface area is 128 Å². The monoisotopic (exact) mass is 336 g/mol. The minimum absolute atomic E-state index is 0.0102. The third-order valence-electron chi connectivity index (χ3n) is 4.01. The Morgan fingerprint density at radius 3 is 2.36 bits per heavy atom. The van der Waals surface area contributed by atoms with Crippen molar-refractivity contribution < 1.29 is 21.6 Å². The van der Waals surface area contributed by atoms with Crippen LogP contribution in [0.2, 0.25) is 0 Å². The highest BCUT2D eigenvalue weighted by Gasteiger charge is 2.35. The third-order valence-corrected chi connectivity index (χ3v) is 5.92. The van der Waals surface area contributed by atoms with Gasteiger partial charge in [-0.2, -0.15) is 17.5 Å². The number of hydrogen-bond donors (Lipinski definition) is 1. The van der Waals surface area contributed by atoms with Gasteiger partial charge in [-0.05, 0) is 50.6 Å². The normalized spacial score (nSPS) is 17.9. The van der Waals surface area contributed by atoms with Crippen LogP contribution in [-0.4, -0.2) is 38.9 Å². The van der Waals surface area contributed by atoms with Gasteiger partial charge in [0.1, 0.15) is 0 Å². The summed E-state index contributed by atoms with van der Waals surface area (Å²) in [6, 6.07) is 2.97. The van der Waals surface area contributed by atoms with E-state index >= 15 is 0 Å². The van der Waals surface area contributed by atoms with Gasteiger partial charge in [0.2, 0.25) is 10.0 Å². The maximum Gasteiger partial charge on any atom is 0.416 e. The molecule has 1 heterocycles. The Morgan fingerprint density at radius 1 is 1.23 bits per heavy atom. The van der Waals surface area contributed by atoms with Crippen molar-refractivity contribution in [2.45, 2.75) is 36.9 Å². The predicted molar refractivity (Wildman–Crippen MR) is 77.0 cm³/mol. The topological polar surface area (TPSA) is 49.4 Å². The van der Waals surface area contributed by atoms with Crippen LogP contribution < -0.4 is 5.32 Å². The van der Waals surface area contributed by atoms with Crippen molar-refractivity contribution in [2.24, 2.45) is 0 Å². The Morgan fingerprint density at radius 2 is 1.82 bits per heavy atom. The standard InChI is InChI=1S/C14H19F3N2O2S/c1-10-3-4-12(9-13(10)14(15,16)17)22(20,21)19(2)11-5-7-18-8-6-11/h3-4,9,11,18H,5-8H2,1-2H3. The van der Waals surface area contributed by atoms with Gasteiger partial charge in [-0.3, -0.25) is 0 Å². The molecule has 0 bridgehead atoms. The van der Waals surface area contributed by atoms with Crippen LogP contribution >= 0.6 is 0 Å². The second kappa shape index (κ2) is 6.17. The van der Waals surface area contributed by atoms with Crippen LogP contribution in [0.1, 0.15) is 24.0 Å². The molecule has 0 spiro atoms. The van der Waals surface area contributed by atoms with Crippen LogP contribution in [0.15, 0.2) is 23.1 Å². The average molecular weight is 336 g/mol. The van der Waals surface area contributed by atoms with Crippen LogP contribution in [0.3, 0.4) is 0 Å². The molecule has 2 rings (SSSR count). The van der Waals surface area contributed by atoms with E-state index < -0.39 is 21.8 Å². The van der Waals surface area contributed by atoms with Gasteiger partial charge >= 0.3 is 6.18 Å². The summed E-state index contributed by atoms with van der Waals surface area (Å²) in [5.74, 6) is 0. The summed E-state index contributed by atoms with van der Waals surface area (Å²) in [5.41, 5.74) is -0.900. The average Bonchev–Trinajstić information content (AvgIpc) is 2.46. The van der Waals surface area contributed by atoms with Crippen molar-refractivity contribution in [2.75, 3.05) is 20.1 Å². The van der Waals surface area contributed by atoms with E-state index in [0.29, 0.717) is 25.9 Å². The number of rotatable bonds is 3. The number of hydrogen-bond acceptors (Lipinski definition) is 3. The van der Waals surface area contributed by atoms with Crippen LogP contribution in [0.25, 0.3) is 0 Å². The summed E-state index contributed by atoms with van der Waals surface area (Å²) in [5, 5.41) is 3.13. The first-order valence-electron chi connectivity index (χ1n) is 7.00. The molecule has 1 N–H and O–H groups in total. The maximum atomic E-state index is 13.0. The van der Waals surface area contributed by atoms with E-state index in [9.17, 15) is 21.6 Å². The number of halogens is 3. The molecule has 1 aromatic rings. The van der Waals surface area contributed by atoms with E-state index in [1.54, 1.807) is 0 Å². The SMILES string of the molecule is Cc1ccc(S(=O)(=O)N(C)C2CCNCC2)cc1C(F)(F)F. The fourth-order valence-corrected chi connectivity index (χ4v) is 4.04. The van der Waals surface area contributed by atoms with Gasteiger partial charge in [-0.15, -0.1) is 0 Å². The van der Waals surface area contributed by atoms with Crippen LogP contribution in [0.4, 0.5) is 13.2 Å². The lowest BCUT2D eigenvalue weighted by Gasteiger charge is -2.31. The van der Waals surface area contributed by atoms with E-state index in [0.717, 1.165) is 6.07 Å². The van der Waals surface area contributed by atoms with Gasteiger partial charge in [-0.1, -0.05) is 6.07 Å². The molecule has 0 radical (unpaired) electrons. The molecular formula is C14H19F3N2O2S. The van der Waals surface area contributed by atoms with E-state index in [-0.39, 0.29) is 16.5 Å². The molecule has 1 aliphatic heterocycles. The number of nitrogens with one attached hydrogen (secondary N) is 1. The lowest BCUT2D eigenvalue weighted by molar-refractivity contribution is -0.138. The quantitative estimate of drug-likeness (QED) is 0.922. The first-order valence-corrected chi connectivity index (χ1v) is 8.44. The first-order chi connectivity index (χ1) is 10.1. The summed E-state index contributed by atoms with van der Waals surface area (Å²) in [6.07, 6.45) is -3.27. The molecule has 0 atom stereocenters. The molecule has 0 aromatic heterocycles. The van der Waals surface area contributed by atoms with E-state index in [1.807, 2.05) is 0 Å². The molecule has 0 amide bonds. The van der Waals surface area contributed by atoms with Crippen molar-refractivity contribution in [1.82, 2.24) is 9.62 Å². The summed E-state index contributed by atoms with van der Waals surface area (Å²) in [4.78, 5) is -0.313. The fraction of sp³-hybridized carbons (Fsp3) is 0.571. The minimum atomic E-state index is -4.57. The smallest absolute Gasteiger partial charge is 0.317 e. The van der Waals surface area contributed by atoms with Crippen molar-refractivity contribution in [1.29, 1.82) is 0 Å². The zero-order chi connectivity index (χ0) is 16.5. The summed E-state index contributed by atoms with van der Waals surface area (Å²) in [7, 11) is -2.50. The zero-order valence-corrected chi connectivity index (χ0v) is 13.3. The van der Waals surface area contributed by atoms with Crippen LogP contribution in [0.5, 0.6) is 0 Å². The summed E-state index contributed by atoms with van der Waals surface area (Å²) in [6.45, 7) is 2.72. The largest absolute Gasteiger partial charge is 0.416 e. The number of piperidine rings is 1. The molecule has 0 unspecified atom stereocenters. The Kier molecular flexibility index (Phi) is 4.84. The molecule has 4 nitrogen and oxygen atoms in total. The second-order valence-electron chi connectivity index (χ2n) is 5.48. The molecule has 124 valence electrons. The van der Waals surface area contributed by atoms with E-state index in [1.165, 1.54) is 30.4 Å². The van der Waals surface area contributed by atoms with Gasteiger partial charge in [0, 0.05) is 13.1 Å². The van der Waals surface area contributed by atoms with E-state index in [4.69, 9.17) is 0 Å².